The van der Waals surface area contributed by atoms with Gasteiger partial charge in [-0.15, -0.1) is 0 Å². The minimum atomic E-state index is -0.584. The van der Waals surface area contributed by atoms with Crippen LogP contribution < -0.4 is 4.74 Å². The van der Waals surface area contributed by atoms with Crippen LogP contribution in [0.4, 0.5) is 0 Å². The first-order valence-electron chi connectivity index (χ1n) is 8.78. The van der Waals surface area contributed by atoms with Crippen molar-refractivity contribution in [1.82, 2.24) is 0 Å². The van der Waals surface area contributed by atoms with Crippen LogP contribution in [-0.4, -0.2) is 24.2 Å². The lowest BCUT2D eigenvalue weighted by atomic mass is 10.0. The van der Waals surface area contributed by atoms with E-state index in [4.69, 9.17) is 15.4 Å². The van der Waals surface area contributed by atoms with Gasteiger partial charge in [0.25, 0.3) is 0 Å². The summed E-state index contributed by atoms with van der Waals surface area (Å²) in [4.78, 5) is 14.0. The van der Waals surface area contributed by atoms with Crippen molar-refractivity contribution >= 4 is 5.91 Å². The molecule has 2 aromatic rings. The topological polar surface area (TPSA) is 95.3 Å². The van der Waals surface area contributed by atoms with Gasteiger partial charge in [0.15, 0.2) is 0 Å². The van der Waals surface area contributed by atoms with Crippen LogP contribution in [0.2, 0.25) is 0 Å². The van der Waals surface area contributed by atoms with Gasteiger partial charge in [0.1, 0.15) is 5.75 Å². The molecule has 0 atom stereocenters. The van der Waals surface area contributed by atoms with Crippen molar-refractivity contribution in [3.8, 4) is 16.9 Å². The Balaban J connectivity index is 1.83. The van der Waals surface area contributed by atoms with E-state index in [-0.39, 0.29) is 6.61 Å². The van der Waals surface area contributed by atoms with Crippen molar-refractivity contribution in [2.24, 2.45) is 5.11 Å². The Hall–Kier alpha value is -2.82. The van der Waals surface area contributed by atoms with Crippen LogP contribution in [0.15, 0.2) is 53.6 Å². The van der Waals surface area contributed by atoms with E-state index in [1.807, 2.05) is 36.4 Å². The third-order valence-electron chi connectivity index (χ3n) is 4.03. The Morgan fingerprint density at radius 2 is 1.50 bits per heavy atom. The fraction of sp³-hybridized carbons (Fsp3) is 0.350. The smallest absolute Gasteiger partial charge is 0.249 e. The van der Waals surface area contributed by atoms with Crippen LogP contribution >= 0.6 is 0 Å². The Kier molecular flexibility index (Phi) is 8.19. The number of rotatable bonds is 10. The Bertz CT molecular complexity index is 736. The van der Waals surface area contributed by atoms with Crippen molar-refractivity contribution in [1.29, 1.82) is 0 Å². The quantitative estimate of drug-likeness (QED) is 0.278. The zero-order valence-electron chi connectivity index (χ0n) is 14.7. The number of hydrogen-bond donors (Lipinski definition) is 1. The normalized spacial score (nSPS) is 10.2. The average molecular weight is 353 g/mol. The standard InChI is InChI=1S/C20H23N3O3/c21-23-22-20(25)18-8-6-16(7-9-18)17-10-12-19(13-11-17)26-15-5-3-1-2-4-14-24/h6-13,24H,1-5,14-15H2. The molecule has 0 fully saturated rings. The number of carbonyl (C=O) groups is 1. The van der Waals surface area contributed by atoms with E-state index in [0.717, 1.165) is 49.0 Å². The third-order valence-corrected chi connectivity index (χ3v) is 4.03. The summed E-state index contributed by atoms with van der Waals surface area (Å²) in [7, 11) is 0. The molecular weight excluding hydrogens is 330 g/mol. The summed E-state index contributed by atoms with van der Waals surface area (Å²) >= 11 is 0. The Morgan fingerprint density at radius 1 is 0.923 bits per heavy atom. The van der Waals surface area contributed by atoms with Crippen molar-refractivity contribution in [3.63, 3.8) is 0 Å². The van der Waals surface area contributed by atoms with E-state index < -0.39 is 5.91 Å². The fourth-order valence-corrected chi connectivity index (χ4v) is 2.58. The lowest BCUT2D eigenvalue weighted by Gasteiger charge is -2.08. The van der Waals surface area contributed by atoms with Crippen molar-refractivity contribution in [2.45, 2.75) is 32.1 Å². The number of hydrogen-bond acceptors (Lipinski definition) is 3. The summed E-state index contributed by atoms with van der Waals surface area (Å²) in [6.07, 6.45) is 5.19. The SMILES string of the molecule is [N-]=[N+]=NC(=O)c1ccc(-c2ccc(OCCCCCCCO)cc2)cc1. The van der Waals surface area contributed by atoms with Gasteiger partial charge in [0.2, 0.25) is 5.91 Å². The summed E-state index contributed by atoms with van der Waals surface area (Å²) in [5.74, 6) is 0.249. The van der Waals surface area contributed by atoms with Gasteiger partial charge in [-0.2, -0.15) is 0 Å². The first kappa shape index (κ1) is 19.5. The molecule has 2 rings (SSSR count). The summed E-state index contributed by atoms with van der Waals surface area (Å²) in [6.45, 7) is 0.963. The molecule has 1 N–H and O–H groups in total. The monoisotopic (exact) mass is 353 g/mol. The van der Waals surface area contributed by atoms with Gasteiger partial charge >= 0.3 is 0 Å². The van der Waals surface area contributed by atoms with Crippen LogP contribution in [-0.2, 0) is 0 Å². The van der Waals surface area contributed by atoms with Crippen molar-refractivity contribution in [2.75, 3.05) is 13.2 Å². The molecule has 1 amide bonds. The van der Waals surface area contributed by atoms with Gasteiger partial charge in [0.05, 0.1) is 6.61 Å². The van der Waals surface area contributed by atoms with E-state index in [1.165, 1.54) is 0 Å². The summed E-state index contributed by atoms with van der Waals surface area (Å²) < 4.78 is 5.74. The fourth-order valence-electron chi connectivity index (χ4n) is 2.58. The van der Waals surface area contributed by atoms with Crippen LogP contribution in [0.1, 0.15) is 42.5 Å². The number of benzene rings is 2. The average Bonchev–Trinajstić information content (AvgIpc) is 2.68. The molecule has 6 nitrogen and oxygen atoms in total. The molecular formula is C20H23N3O3. The summed E-state index contributed by atoms with van der Waals surface area (Å²) in [6, 6.07) is 14.7. The second kappa shape index (κ2) is 10.9. The molecule has 0 aliphatic rings. The molecule has 6 heteroatoms. The molecule has 2 aromatic carbocycles. The number of aliphatic hydroxyl groups excluding tert-OH is 1. The predicted octanol–water partition coefficient (Wildman–Crippen LogP) is 5.13. The number of aliphatic hydroxyl groups is 1. The number of azide groups is 1. The zero-order chi connectivity index (χ0) is 18.6. The minimum Gasteiger partial charge on any atom is -0.494 e. The van der Waals surface area contributed by atoms with Crippen molar-refractivity contribution < 1.29 is 14.6 Å². The van der Waals surface area contributed by atoms with Crippen LogP contribution in [0, 0.1) is 0 Å². The highest BCUT2D eigenvalue weighted by atomic mass is 16.5. The number of carbonyl (C=O) groups excluding carboxylic acids is 1. The van der Waals surface area contributed by atoms with Gasteiger partial charge in [-0.3, -0.25) is 4.79 Å². The minimum absolute atomic E-state index is 0.274. The third kappa shape index (κ3) is 6.24. The van der Waals surface area contributed by atoms with Gasteiger partial charge in [0, 0.05) is 17.1 Å². The molecule has 0 saturated heterocycles. The summed E-state index contributed by atoms with van der Waals surface area (Å²) in [5.41, 5.74) is 10.7. The van der Waals surface area contributed by atoms with Crippen LogP contribution in [0.5, 0.6) is 5.75 Å². The molecule has 0 aliphatic carbocycles. The Morgan fingerprint density at radius 3 is 2.12 bits per heavy atom. The zero-order valence-corrected chi connectivity index (χ0v) is 14.7. The molecule has 0 aliphatic heterocycles. The van der Waals surface area contributed by atoms with Gasteiger partial charge in [-0.25, -0.2) is 0 Å². The maximum absolute atomic E-state index is 11.5. The molecule has 0 aromatic heterocycles. The second-order valence-corrected chi connectivity index (χ2v) is 5.94. The molecule has 136 valence electrons. The van der Waals surface area contributed by atoms with Gasteiger partial charge in [-0.05, 0) is 46.7 Å². The highest BCUT2D eigenvalue weighted by Crippen LogP contribution is 2.23. The molecule has 0 bridgehead atoms. The first-order valence-corrected chi connectivity index (χ1v) is 8.78. The van der Waals surface area contributed by atoms with E-state index >= 15 is 0 Å². The first-order chi connectivity index (χ1) is 12.7. The highest BCUT2D eigenvalue weighted by Gasteiger charge is 2.04. The number of unbranched alkanes of at least 4 members (excludes halogenated alkanes) is 4. The molecule has 0 radical (unpaired) electrons. The lowest BCUT2D eigenvalue weighted by molar-refractivity contribution is 0.100. The molecule has 26 heavy (non-hydrogen) atoms. The maximum Gasteiger partial charge on any atom is 0.249 e. The number of ether oxygens (including phenoxy) is 1. The molecule has 0 heterocycles. The largest absolute Gasteiger partial charge is 0.494 e. The van der Waals surface area contributed by atoms with E-state index in [0.29, 0.717) is 12.2 Å². The van der Waals surface area contributed by atoms with Crippen molar-refractivity contribution in [3.05, 3.63) is 64.5 Å². The maximum atomic E-state index is 11.5. The molecule has 0 spiro atoms. The number of nitrogens with zero attached hydrogens (tertiary/aromatic N) is 3. The van der Waals surface area contributed by atoms with Gasteiger partial charge < -0.3 is 9.84 Å². The van der Waals surface area contributed by atoms with E-state index in [2.05, 4.69) is 10.0 Å². The number of amides is 1. The molecule has 0 unspecified atom stereocenters. The summed E-state index contributed by atoms with van der Waals surface area (Å²) in [5, 5.41) is 11.8. The lowest BCUT2D eigenvalue weighted by Crippen LogP contribution is -1.97. The van der Waals surface area contributed by atoms with E-state index in [9.17, 15) is 4.79 Å². The van der Waals surface area contributed by atoms with Crippen LogP contribution in [0.25, 0.3) is 21.6 Å². The highest BCUT2D eigenvalue weighted by molar-refractivity contribution is 5.95. The predicted molar refractivity (Wildman–Crippen MR) is 101 cm³/mol. The Labute approximate surface area is 153 Å². The van der Waals surface area contributed by atoms with Crippen LogP contribution in [0.3, 0.4) is 0 Å². The molecule has 0 saturated carbocycles. The van der Waals surface area contributed by atoms with E-state index in [1.54, 1.807) is 12.1 Å². The van der Waals surface area contributed by atoms with Gasteiger partial charge in [-0.1, -0.05) is 55.7 Å². The second-order valence-electron chi connectivity index (χ2n) is 5.94.